The van der Waals surface area contributed by atoms with Gasteiger partial charge in [-0.15, -0.1) is 24.0 Å². The van der Waals surface area contributed by atoms with E-state index in [1.807, 2.05) is 11.8 Å². The van der Waals surface area contributed by atoms with Crippen molar-refractivity contribution in [3.8, 4) is 0 Å². The maximum Gasteiger partial charge on any atom is 0.191 e. The van der Waals surface area contributed by atoms with E-state index in [1.54, 1.807) is 0 Å². The number of hydrogen-bond donors (Lipinski definition) is 2. The molecule has 6 heteroatoms. The Morgan fingerprint density at radius 2 is 2.09 bits per heavy atom. The summed E-state index contributed by atoms with van der Waals surface area (Å²) in [4.78, 5) is 7.33. The second-order valence-electron chi connectivity index (χ2n) is 5.75. The van der Waals surface area contributed by atoms with Crippen LogP contribution in [-0.4, -0.2) is 62.1 Å². The van der Waals surface area contributed by atoms with Crippen molar-refractivity contribution < 1.29 is 0 Å². The van der Waals surface area contributed by atoms with Crippen LogP contribution < -0.4 is 10.6 Å². The molecule has 0 bridgehead atoms. The lowest BCUT2D eigenvalue weighted by molar-refractivity contribution is 0.186. The lowest BCUT2D eigenvalue weighted by Crippen LogP contribution is -2.40. The molecule has 4 nitrogen and oxygen atoms in total. The van der Waals surface area contributed by atoms with E-state index in [-0.39, 0.29) is 24.0 Å². The molecule has 1 saturated heterocycles. The van der Waals surface area contributed by atoms with Gasteiger partial charge in [-0.3, -0.25) is 4.99 Å². The van der Waals surface area contributed by atoms with Crippen LogP contribution in [0.15, 0.2) is 4.99 Å². The highest BCUT2D eigenvalue weighted by molar-refractivity contribution is 14.0. The lowest BCUT2D eigenvalue weighted by Gasteiger charge is -2.31. The summed E-state index contributed by atoms with van der Waals surface area (Å²) in [5.74, 6) is 2.98. The zero-order chi connectivity index (χ0) is 15.3. The van der Waals surface area contributed by atoms with E-state index in [0.717, 1.165) is 31.5 Å². The molecule has 0 aromatic heterocycles. The number of piperidine rings is 1. The molecule has 1 aliphatic heterocycles. The van der Waals surface area contributed by atoms with Crippen molar-refractivity contribution in [1.82, 2.24) is 15.5 Å². The number of unbranched alkanes of at least 4 members (excludes halogenated alkanes) is 1. The van der Waals surface area contributed by atoms with Gasteiger partial charge in [-0.1, -0.05) is 6.92 Å². The summed E-state index contributed by atoms with van der Waals surface area (Å²) in [6, 6.07) is 0. The second-order valence-corrected chi connectivity index (χ2v) is 6.73. The Morgan fingerprint density at radius 3 is 2.77 bits per heavy atom. The van der Waals surface area contributed by atoms with E-state index in [1.165, 1.54) is 51.1 Å². The molecular weight excluding hydrogens is 407 g/mol. The monoisotopic (exact) mass is 442 g/mol. The van der Waals surface area contributed by atoms with Gasteiger partial charge >= 0.3 is 0 Å². The summed E-state index contributed by atoms with van der Waals surface area (Å²) < 4.78 is 0. The minimum atomic E-state index is 0. The first-order chi connectivity index (χ1) is 10.3. The molecule has 1 rings (SSSR count). The number of hydrogen-bond acceptors (Lipinski definition) is 3. The minimum Gasteiger partial charge on any atom is -0.357 e. The summed E-state index contributed by atoms with van der Waals surface area (Å²) in [6.07, 6.45) is 7.32. The van der Waals surface area contributed by atoms with E-state index in [4.69, 9.17) is 4.99 Å². The number of rotatable bonds is 9. The van der Waals surface area contributed by atoms with Crippen molar-refractivity contribution >= 4 is 41.7 Å². The van der Waals surface area contributed by atoms with Gasteiger partial charge in [0, 0.05) is 26.2 Å². The predicted molar refractivity (Wildman–Crippen MR) is 112 cm³/mol. The highest BCUT2D eigenvalue weighted by Crippen LogP contribution is 2.16. The van der Waals surface area contributed by atoms with Crippen LogP contribution in [-0.2, 0) is 0 Å². The minimum absolute atomic E-state index is 0. The average molecular weight is 442 g/mol. The summed E-state index contributed by atoms with van der Waals surface area (Å²) in [7, 11) is 0. The van der Waals surface area contributed by atoms with Crippen LogP contribution >= 0.6 is 35.7 Å². The standard InChI is InChI=1S/C16H34N4S.HI/c1-4-17-16(18-10-6-7-12-21-3)19-13-15-9-8-11-20(5-2)14-15;/h15H,4-14H2,1-3H3,(H2,17,18,19);1H. The van der Waals surface area contributed by atoms with Crippen LogP contribution in [0.5, 0.6) is 0 Å². The lowest BCUT2D eigenvalue weighted by atomic mass is 9.98. The van der Waals surface area contributed by atoms with Crippen LogP contribution in [0.3, 0.4) is 0 Å². The Balaban J connectivity index is 0.00000441. The highest BCUT2D eigenvalue weighted by Gasteiger charge is 2.18. The molecule has 0 aliphatic carbocycles. The SMILES string of the molecule is CCNC(=NCC1CCCN(CC)C1)NCCCCSC.I. The number of halogens is 1. The normalized spacial score (nSPS) is 19.6. The molecule has 1 fully saturated rings. The number of aliphatic imine (C=N–C) groups is 1. The van der Waals surface area contributed by atoms with Gasteiger partial charge in [-0.2, -0.15) is 11.8 Å². The van der Waals surface area contributed by atoms with Crippen LogP contribution in [0.1, 0.15) is 39.5 Å². The van der Waals surface area contributed by atoms with Crippen LogP contribution in [0.2, 0.25) is 0 Å². The fourth-order valence-corrected chi connectivity index (χ4v) is 3.22. The van der Waals surface area contributed by atoms with Crippen molar-refractivity contribution in [1.29, 1.82) is 0 Å². The molecule has 1 heterocycles. The van der Waals surface area contributed by atoms with Crippen molar-refractivity contribution in [2.45, 2.75) is 39.5 Å². The summed E-state index contributed by atoms with van der Waals surface area (Å²) >= 11 is 1.92. The summed E-state index contributed by atoms with van der Waals surface area (Å²) in [6.45, 7) is 11.0. The molecule has 0 amide bonds. The van der Waals surface area contributed by atoms with Gasteiger partial charge in [0.25, 0.3) is 0 Å². The summed E-state index contributed by atoms with van der Waals surface area (Å²) in [5, 5.41) is 6.82. The van der Waals surface area contributed by atoms with Crippen LogP contribution in [0, 0.1) is 5.92 Å². The molecule has 1 aliphatic rings. The van der Waals surface area contributed by atoms with Crippen LogP contribution in [0.4, 0.5) is 0 Å². The van der Waals surface area contributed by atoms with Gasteiger partial charge < -0.3 is 15.5 Å². The molecule has 1 unspecified atom stereocenters. The number of nitrogens with zero attached hydrogens (tertiary/aromatic N) is 2. The highest BCUT2D eigenvalue weighted by atomic mass is 127. The maximum atomic E-state index is 4.79. The van der Waals surface area contributed by atoms with Gasteiger partial charge in [-0.25, -0.2) is 0 Å². The number of nitrogens with one attached hydrogen (secondary N) is 2. The topological polar surface area (TPSA) is 39.7 Å². The fourth-order valence-electron chi connectivity index (χ4n) is 2.73. The molecule has 1 atom stereocenters. The third-order valence-corrected chi connectivity index (χ3v) is 4.67. The van der Waals surface area contributed by atoms with Gasteiger partial charge in [0.2, 0.25) is 0 Å². The van der Waals surface area contributed by atoms with Crippen LogP contribution in [0.25, 0.3) is 0 Å². The molecule has 2 N–H and O–H groups in total. The van der Waals surface area contributed by atoms with E-state index in [9.17, 15) is 0 Å². The zero-order valence-electron chi connectivity index (χ0n) is 14.6. The van der Waals surface area contributed by atoms with E-state index < -0.39 is 0 Å². The Labute approximate surface area is 158 Å². The Kier molecular flexibility index (Phi) is 15.1. The Morgan fingerprint density at radius 1 is 1.27 bits per heavy atom. The first-order valence-electron chi connectivity index (χ1n) is 8.53. The van der Waals surface area contributed by atoms with Gasteiger partial charge in [-0.05, 0) is 63.6 Å². The molecular formula is C16H35IN4S. The largest absolute Gasteiger partial charge is 0.357 e. The quantitative estimate of drug-likeness (QED) is 0.249. The fraction of sp³-hybridized carbons (Fsp3) is 0.938. The first-order valence-corrected chi connectivity index (χ1v) is 9.93. The van der Waals surface area contributed by atoms with E-state index in [0.29, 0.717) is 0 Å². The van der Waals surface area contributed by atoms with Gasteiger partial charge in [0.1, 0.15) is 0 Å². The van der Waals surface area contributed by atoms with E-state index >= 15 is 0 Å². The van der Waals surface area contributed by atoms with Crippen molar-refractivity contribution in [3.63, 3.8) is 0 Å². The predicted octanol–water partition coefficient (Wildman–Crippen LogP) is 3.03. The molecule has 0 saturated carbocycles. The first kappa shape index (κ1) is 22.3. The number of guanidine groups is 1. The smallest absolute Gasteiger partial charge is 0.191 e. The Hall–Kier alpha value is 0.310. The van der Waals surface area contributed by atoms with Crippen molar-refractivity contribution in [3.05, 3.63) is 0 Å². The van der Waals surface area contributed by atoms with Gasteiger partial charge in [0.05, 0.1) is 0 Å². The maximum absolute atomic E-state index is 4.79. The molecule has 0 spiro atoms. The third-order valence-electron chi connectivity index (χ3n) is 3.97. The van der Waals surface area contributed by atoms with Crippen molar-refractivity contribution in [2.75, 3.05) is 51.3 Å². The van der Waals surface area contributed by atoms with Crippen molar-refractivity contribution in [2.24, 2.45) is 10.9 Å². The molecule has 0 radical (unpaired) electrons. The Bertz CT molecular complexity index is 289. The van der Waals surface area contributed by atoms with Gasteiger partial charge in [0.15, 0.2) is 5.96 Å². The third kappa shape index (κ3) is 10.2. The number of likely N-dealkylation sites (tertiary alicyclic amines) is 1. The molecule has 0 aromatic rings. The molecule has 22 heavy (non-hydrogen) atoms. The molecule has 132 valence electrons. The average Bonchev–Trinajstić information content (AvgIpc) is 2.52. The van der Waals surface area contributed by atoms with E-state index in [2.05, 4.69) is 35.6 Å². The summed E-state index contributed by atoms with van der Waals surface area (Å²) in [5.41, 5.74) is 0. The second kappa shape index (κ2) is 14.9. The zero-order valence-corrected chi connectivity index (χ0v) is 17.7. The number of thioether (sulfide) groups is 1. The molecule has 0 aromatic carbocycles.